The number of rotatable bonds is 8. The van der Waals surface area contributed by atoms with E-state index in [-0.39, 0.29) is 12.0 Å². The summed E-state index contributed by atoms with van der Waals surface area (Å²) in [6, 6.07) is 10.5. The van der Waals surface area contributed by atoms with Crippen molar-refractivity contribution < 1.29 is 4.79 Å². The maximum absolute atomic E-state index is 12.1. The second-order valence-corrected chi connectivity index (χ2v) is 7.53. The van der Waals surface area contributed by atoms with Gasteiger partial charge in [-0.3, -0.25) is 4.79 Å². The van der Waals surface area contributed by atoms with Gasteiger partial charge in [-0.25, -0.2) is 0 Å². The zero-order valence-electron chi connectivity index (χ0n) is 12.1. The zero-order chi connectivity index (χ0) is 14.3. The molecular formula is C15H23NOS2. The lowest BCUT2D eigenvalue weighted by Gasteiger charge is -2.21. The van der Waals surface area contributed by atoms with E-state index in [2.05, 4.69) is 31.3 Å². The molecule has 106 valence electrons. The highest BCUT2D eigenvalue weighted by Gasteiger charge is 2.21. The van der Waals surface area contributed by atoms with Crippen molar-refractivity contribution in [3.8, 4) is 0 Å². The Hall–Kier alpha value is -0.450. The molecule has 1 aromatic carbocycles. The second-order valence-electron chi connectivity index (χ2n) is 5.11. The van der Waals surface area contributed by atoms with Gasteiger partial charge in [0, 0.05) is 22.6 Å². The van der Waals surface area contributed by atoms with Crippen LogP contribution in [0.25, 0.3) is 0 Å². The molecule has 0 aromatic heterocycles. The maximum atomic E-state index is 12.1. The maximum Gasteiger partial charge on any atom is 0.153 e. The van der Waals surface area contributed by atoms with Crippen molar-refractivity contribution in [2.45, 2.75) is 44.7 Å². The van der Waals surface area contributed by atoms with Crippen LogP contribution in [-0.4, -0.2) is 23.6 Å². The van der Waals surface area contributed by atoms with Crippen molar-refractivity contribution in [3.05, 3.63) is 30.3 Å². The number of nitrogens with one attached hydrogen (secondary N) is 1. The normalized spacial score (nSPS) is 12.9. The molecule has 0 spiro atoms. The largest absolute Gasteiger partial charge is 0.305 e. The van der Waals surface area contributed by atoms with Crippen molar-refractivity contribution in [2.75, 3.05) is 5.75 Å². The molecule has 1 rings (SSSR count). The fourth-order valence-corrected chi connectivity index (χ4v) is 3.89. The summed E-state index contributed by atoms with van der Waals surface area (Å²) in [7, 11) is 3.46. The van der Waals surface area contributed by atoms with E-state index in [1.807, 2.05) is 32.0 Å². The highest BCUT2D eigenvalue weighted by atomic mass is 33.1. The number of ketones is 1. The molecule has 0 heterocycles. The van der Waals surface area contributed by atoms with Gasteiger partial charge in [-0.2, -0.15) is 0 Å². The average Bonchev–Trinajstić information content (AvgIpc) is 2.37. The standard InChI is InChI=1S/C15H23NOS2/c1-11(2)15(17)14(16-12(3)4)10-18-19-13-8-6-5-7-9-13/h5-9,11-12,14,16H,10H2,1-4H3. The molecule has 0 aliphatic heterocycles. The number of carbonyl (C=O) groups excluding carboxylic acids is 1. The Labute approximate surface area is 124 Å². The lowest BCUT2D eigenvalue weighted by molar-refractivity contribution is -0.123. The van der Waals surface area contributed by atoms with E-state index in [0.717, 1.165) is 5.75 Å². The minimum Gasteiger partial charge on any atom is -0.305 e. The first kappa shape index (κ1) is 16.6. The monoisotopic (exact) mass is 297 g/mol. The average molecular weight is 297 g/mol. The van der Waals surface area contributed by atoms with Crippen LogP contribution in [0.4, 0.5) is 0 Å². The molecule has 1 N–H and O–H groups in total. The molecule has 1 aromatic rings. The van der Waals surface area contributed by atoms with E-state index in [0.29, 0.717) is 11.8 Å². The van der Waals surface area contributed by atoms with Crippen molar-refractivity contribution >= 4 is 27.4 Å². The fraction of sp³-hybridized carbons (Fsp3) is 0.533. The Kier molecular flexibility index (Phi) is 7.57. The van der Waals surface area contributed by atoms with Crippen LogP contribution in [0.2, 0.25) is 0 Å². The van der Waals surface area contributed by atoms with E-state index >= 15 is 0 Å². The lowest BCUT2D eigenvalue weighted by atomic mass is 10.0. The van der Waals surface area contributed by atoms with Gasteiger partial charge in [0.15, 0.2) is 5.78 Å². The molecule has 0 saturated heterocycles. The van der Waals surface area contributed by atoms with Crippen LogP contribution in [0, 0.1) is 5.92 Å². The van der Waals surface area contributed by atoms with Crippen molar-refractivity contribution in [2.24, 2.45) is 5.92 Å². The predicted octanol–water partition coefficient (Wildman–Crippen LogP) is 4.02. The molecule has 0 bridgehead atoms. The van der Waals surface area contributed by atoms with Gasteiger partial charge in [0.1, 0.15) is 0 Å². The number of carbonyl (C=O) groups is 1. The molecular weight excluding hydrogens is 274 g/mol. The van der Waals surface area contributed by atoms with Gasteiger partial charge in [0.2, 0.25) is 0 Å². The van der Waals surface area contributed by atoms with E-state index in [1.54, 1.807) is 21.6 Å². The summed E-state index contributed by atoms with van der Waals surface area (Å²) in [5.74, 6) is 1.18. The van der Waals surface area contributed by atoms with Gasteiger partial charge in [0.05, 0.1) is 6.04 Å². The quantitative estimate of drug-likeness (QED) is 0.734. The highest BCUT2D eigenvalue weighted by molar-refractivity contribution is 8.76. The molecule has 1 unspecified atom stereocenters. The predicted molar refractivity (Wildman–Crippen MR) is 86.7 cm³/mol. The van der Waals surface area contributed by atoms with Gasteiger partial charge in [-0.1, -0.05) is 67.5 Å². The molecule has 0 aliphatic rings. The first-order chi connectivity index (χ1) is 9.00. The molecule has 0 aliphatic carbocycles. The zero-order valence-corrected chi connectivity index (χ0v) is 13.7. The van der Waals surface area contributed by atoms with Crippen LogP contribution in [0.15, 0.2) is 35.2 Å². The highest BCUT2D eigenvalue weighted by Crippen LogP contribution is 2.31. The van der Waals surface area contributed by atoms with Crippen molar-refractivity contribution in [1.29, 1.82) is 0 Å². The van der Waals surface area contributed by atoms with Crippen molar-refractivity contribution in [1.82, 2.24) is 5.32 Å². The second kappa shape index (κ2) is 8.67. The van der Waals surface area contributed by atoms with E-state index in [1.165, 1.54) is 4.90 Å². The minimum absolute atomic E-state index is 0.0544. The molecule has 1 atom stereocenters. The Bertz CT molecular complexity index is 379. The fourth-order valence-electron chi connectivity index (χ4n) is 1.66. The van der Waals surface area contributed by atoms with Crippen molar-refractivity contribution in [3.63, 3.8) is 0 Å². The summed E-state index contributed by atoms with van der Waals surface area (Å²) in [4.78, 5) is 13.4. The third kappa shape index (κ3) is 6.50. The molecule has 0 amide bonds. The molecule has 0 saturated carbocycles. The lowest BCUT2D eigenvalue weighted by Crippen LogP contribution is -2.44. The molecule has 0 fully saturated rings. The topological polar surface area (TPSA) is 29.1 Å². The number of Topliss-reactive ketones (excluding diaryl/α,β-unsaturated/α-hetero) is 1. The van der Waals surface area contributed by atoms with Crippen LogP contribution >= 0.6 is 21.6 Å². The summed E-state index contributed by atoms with van der Waals surface area (Å²) in [5, 5.41) is 3.36. The Morgan fingerprint density at radius 3 is 2.32 bits per heavy atom. The summed E-state index contributed by atoms with van der Waals surface area (Å²) in [5.41, 5.74) is 0. The number of hydrogen-bond donors (Lipinski definition) is 1. The molecule has 0 radical (unpaired) electrons. The Balaban J connectivity index is 2.46. The van der Waals surface area contributed by atoms with Gasteiger partial charge in [-0.05, 0) is 12.1 Å². The van der Waals surface area contributed by atoms with Crippen LogP contribution in [0.3, 0.4) is 0 Å². The summed E-state index contributed by atoms with van der Waals surface area (Å²) < 4.78 is 0. The minimum atomic E-state index is -0.0544. The first-order valence-corrected chi connectivity index (χ1v) is 8.97. The molecule has 2 nitrogen and oxygen atoms in total. The Morgan fingerprint density at radius 2 is 1.79 bits per heavy atom. The van der Waals surface area contributed by atoms with Gasteiger partial charge >= 0.3 is 0 Å². The smallest absolute Gasteiger partial charge is 0.153 e. The Morgan fingerprint density at radius 1 is 1.16 bits per heavy atom. The van der Waals surface area contributed by atoms with E-state index in [9.17, 15) is 4.79 Å². The third-order valence-electron chi connectivity index (χ3n) is 2.58. The SMILES string of the molecule is CC(C)NC(CSSc1ccccc1)C(=O)C(C)C. The van der Waals surface area contributed by atoms with Crippen LogP contribution < -0.4 is 5.32 Å². The van der Waals surface area contributed by atoms with Gasteiger partial charge in [0.25, 0.3) is 0 Å². The van der Waals surface area contributed by atoms with Crippen LogP contribution in [0.1, 0.15) is 27.7 Å². The molecule has 4 heteroatoms. The summed E-state index contributed by atoms with van der Waals surface area (Å²) in [6.07, 6.45) is 0. The van der Waals surface area contributed by atoms with E-state index < -0.39 is 0 Å². The van der Waals surface area contributed by atoms with Crippen LogP contribution in [-0.2, 0) is 4.79 Å². The number of hydrogen-bond acceptors (Lipinski definition) is 4. The third-order valence-corrected chi connectivity index (χ3v) is 4.97. The van der Waals surface area contributed by atoms with Gasteiger partial charge < -0.3 is 5.32 Å². The molecule has 19 heavy (non-hydrogen) atoms. The number of benzene rings is 1. The summed E-state index contributed by atoms with van der Waals surface area (Å²) in [6.45, 7) is 8.09. The van der Waals surface area contributed by atoms with Gasteiger partial charge in [-0.15, -0.1) is 0 Å². The summed E-state index contributed by atoms with van der Waals surface area (Å²) >= 11 is 0. The van der Waals surface area contributed by atoms with E-state index in [4.69, 9.17) is 0 Å². The van der Waals surface area contributed by atoms with Crippen LogP contribution in [0.5, 0.6) is 0 Å². The first-order valence-electron chi connectivity index (χ1n) is 6.65.